The number of para-hydroxylation sites is 2. The summed E-state index contributed by atoms with van der Waals surface area (Å²) < 4.78 is 13.4. The Kier molecular flexibility index (Phi) is 4.39. The largest absolute Gasteiger partial charge is 0.486 e. The van der Waals surface area contributed by atoms with Crippen LogP contribution in [0.25, 0.3) is 11.0 Å². The summed E-state index contributed by atoms with van der Waals surface area (Å²) in [6.45, 7) is 2.61. The van der Waals surface area contributed by atoms with E-state index in [1.807, 2.05) is 47.6 Å². The fraction of sp³-hybridized carbons (Fsp3) is 0.364. The third-order valence-corrected chi connectivity index (χ3v) is 5.62. The van der Waals surface area contributed by atoms with Crippen LogP contribution in [-0.4, -0.2) is 40.1 Å². The number of rotatable bonds is 4. The molecule has 0 radical (unpaired) electrons. The standard InChI is InChI=1S/C22H23N3O3/c26-22(9-11-24-15-23-17-4-1-2-5-19(17)24)25-10-3-6-18(25)16-7-8-20-21(14-16)28-13-12-27-20/h1-2,4-5,7-8,14-15,18H,3,6,9-13H2/t18-/m0/s1. The first-order valence-electron chi connectivity index (χ1n) is 9.88. The summed E-state index contributed by atoms with van der Waals surface area (Å²) in [5, 5.41) is 0. The summed E-state index contributed by atoms with van der Waals surface area (Å²) in [6.07, 6.45) is 4.31. The average molecular weight is 377 g/mol. The smallest absolute Gasteiger partial charge is 0.224 e. The van der Waals surface area contributed by atoms with Crippen LogP contribution in [0.15, 0.2) is 48.8 Å². The molecule has 144 valence electrons. The third kappa shape index (κ3) is 3.09. The van der Waals surface area contributed by atoms with E-state index in [2.05, 4.69) is 15.6 Å². The quantitative estimate of drug-likeness (QED) is 0.698. The molecule has 0 aliphatic carbocycles. The maximum absolute atomic E-state index is 13.0. The molecule has 5 rings (SSSR count). The van der Waals surface area contributed by atoms with Crippen molar-refractivity contribution >= 4 is 16.9 Å². The monoisotopic (exact) mass is 377 g/mol. The van der Waals surface area contributed by atoms with Gasteiger partial charge in [0.05, 0.1) is 23.4 Å². The van der Waals surface area contributed by atoms with Crippen LogP contribution in [0.4, 0.5) is 0 Å². The predicted molar refractivity (Wildman–Crippen MR) is 105 cm³/mol. The molecule has 0 spiro atoms. The van der Waals surface area contributed by atoms with Gasteiger partial charge < -0.3 is 18.9 Å². The van der Waals surface area contributed by atoms with Gasteiger partial charge in [-0.1, -0.05) is 18.2 Å². The summed E-state index contributed by atoms with van der Waals surface area (Å²) >= 11 is 0. The fourth-order valence-corrected chi connectivity index (χ4v) is 4.23. The topological polar surface area (TPSA) is 56.6 Å². The number of aryl methyl sites for hydroxylation is 1. The molecule has 6 nitrogen and oxygen atoms in total. The van der Waals surface area contributed by atoms with Crippen LogP contribution in [0.1, 0.15) is 30.9 Å². The molecule has 1 amide bonds. The molecule has 6 heteroatoms. The van der Waals surface area contributed by atoms with Crippen molar-refractivity contribution in [2.24, 2.45) is 0 Å². The lowest BCUT2D eigenvalue weighted by Gasteiger charge is -2.27. The van der Waals surface area contributed by atoms with Gasteiger partial charge in [0.1, 0.15) is 13.2 Å². The minimum atomic E-state index is 0.114. The average Bonchev–Trinajstić information content (AvgIpc) is 3.39. The highest BCUT2D eigenvalue weighted by atomic mass is 16.6. The molecule has 1 fully saturated rings. The Balaban J connectivity index is 1.30. The van der Waals surface area contributed by atoms with Gasteiger partial charge in [0.15, 0.2) is 11.5 Å². The molecular weight excluding hydrogens is 354 g/mol. The molecule has 3 heterocycles. The zero-order valence-electron chi connectivity index (χ0n) is 15.7. The number of fused-ring (bicyclic) bond motifs is 2. The zero-order chi connectivity index (χ0) is 18.9. The second-order valence-corrected chi connectivity index (χ2v) is 7.32. The van der Waals surface area contributed by atoms with E-state index < -0.39 is 0 Å². The van der Waals surface area contributed by atoms with Crippen LogP contribution in [0, 0.1) is 0 Å². The summed E-state index contributed by atoms with van der Waals surface area (Å²) in [5.74, 6) is 1.76. The van der Waals surface area contributed by atoms with Crippen molar-refractivity contribution in [1.29, 1.82) is 0 Å². The van der Waals surface area contributed by atoms with Gasteiger partial charge in [-0.3, -0.25) is 4.79 Å². The third-order valence-electron chi connectivity index (χ3n) is 5.62. The Labute approximate surface area is 163 Å². The zero-order valence-corrected chi connectivity index (χ0v) is 15.7. The first-order valence-corrected chi connectivity index (χ1v) is 9.88. The van der Waals surface area contributed by atoms with Crippen LogP contribution in [0.5, 0.6) is 11.5 Å². The molecule has 0 saturated carbocycles. The molecule has 1 atom stereocenters. The van der Waals surface area contributed by atoms with Gasteiger partial charge in [-0.2, -0.15) is 0 Å². The summed E-state index contributed by atoms with van der Waals surface area (Å²) in [5.41, 5.74) is 3.16. The van der Waals surface area contributed by atoms with E-state index in [1.165, 1.54) is 0 Å². The number of imidazole rings is 1. The lowest BCUT2D eigenvalue weighted by Crippen LogP contribution is -2.31. The van der Waals surface area contributed by atoms with Crippen molar-refractivity contribution in [3.05, 3.63) is 54.4 Å². The number of benzene rings is 2. The van der Waals surface area contributed by atoms with Gasteiger partial charge in [0.25, 0.3) is 0 Å². The summed E-state index contributed by atoms with van der Waals surface area (Å²) in [6, 6.07) is 14.2. The molecular formula is C22H23N3O3. The van der Waals surface area contributed by atoms with E-state index in [1.54, 1.807) is 0 Å². The van der Waals surface area contributed by atoms with Gasteiger partial charge in [0, 0.05) is 19.5 Å². The maximum Gasteiger partial charge on any atom is 0.224 e. The van der Waals surface area contributed by atoms with E-state index in [0.29, 0.717) is 26.2 Å². The second kappa shape index (κ2) is 7.19. The molecule has 0 bridgehead atoms. The lowest BCUT2D eigenvalue weighted by molar-refractivity contribution is -0.132. The Bertz CT molecular complexity index is 1010. The molecule has 2 aliphatic heterocycles. The van der Waals surface area contributed by atoms with E-state index >= 15 is 0 Å². The Morgan fingerprint density at radius 1 is 1.11 bits per heavy atom. The van der Waals surface area contributed by atoms with Crippen molar-refractivity contribution < 1.29 is 14.3 Å². The Morgan fingerprint density at radius 2 is 1.96 bits per heavy atom. The number of nitrogens with zero attached hydrogens (tertiary/aromatic N) is 3. The Hall–Kier alpha value is -3.02. The number of amides is 1. The Morgan fingerprint density at radius 3 is 2.89 bits per heavy atom. The number of hydrogen-bond donors (Lipinski definition) is 0. The van der Waals surface area contributed by atoms with E-state index in [0.717, 1.165) is 47.5 Å². The predicted octanol–water partition coefficient (Wildman–Crippen LogP) is 3.56. The van der Waals surface area contributed by atoms with Crippen molar-refractivity contribution in [3.8, 4) is 11.5 Å². The first-order chi connectivity index (χ1) is 13.8. The van der Waals surface area contributed by atoms with Crippen molar-refractivity contribution in [1.82, 2.24) is 14.5 Å². The molecule has 1 aromatic heterocycles. The molecule has 3 aromatic rings. The van der Waals surface area contributed by atoms with Crippen molar-refractivity contribution in [3.63, 3.8) is 0 Å². The number of carbonyl (C=O) groups excluding carboxylic acids is 1. The van der Waals surface area contributed by atoms with Crippen LogP contribution in [0.3, 0.4) is 0 Å². The van der Waals surface area contributed by atoms with E-state index in [9.17, 15) is 4.79 Å². The molecule has 0 unspecified atom stereocenters. The molecule has 28 heavy (non-hydrogen) atoms. The number of hydrogen-bond acceptors (Lipinski definition) is 4. The van der Waals surface area contributed by atoms with Gasteiger partial charge in [-0.15, -0.1) is 0 Å². The first kappa shape index (κ1) is 17.1. The maximum atomic E-state index is 13.0. The minimum absolute atomic E-state index is 0.114. The lowest BCUT2D eigenvalue weighted by atomic mass is 10.0. The van der Waals surface area contributed by atoms with Crippen LogP contribution in [0.2, 0.25) is 0 Å². The number of ether oxygens (including phenoxy) is 2. The summed E-state index contributed by atoms with van der Waals surface area (Å²) in [4.78, 5) is 19.4. The molecule has 2 aliphatic rings. The molecule has 1 saturated heterocycles. The number of carbonyl (C=O) groups is 1. The summed E-state index contributed by atoms with van der Waals surface area (Å²) in [7, 11) is 0. The van der Waals surface area contributed by atoms with Crippen LogP contribution >= 0.6 is 0 Å². The van der Waals surface area contributed by atoms with Gasteiger partial charge in [0.2, 0.25) is 5.91 Å². The van der Waals surface area contributed by atoms with E-state index in [-0.39, 0.29) is 11.9 Å². The molecule has 2 aromatic carbocycles. The number of aromatic nitrogens is 2. The van der Waals surface area contributed by atoms with Crippen molar-refractivity contribution in [2.45, 2.75) is 31.8 Å². The number of likely N-dealkylation sites (tertiary alicyclic amines) is 1. The minimum Gasteiger partial charge on any atom is -0.486 e. The highest BCUT2D eigenvalue weighted by molar-refractivity contribution is 5.78. The molecule has 0 N–H and O–H groups in total. The SMILES string of the molecule is O=C(CCn1cnc2ccccc21)N1CCC[C@H]1c1ccc2c(c1)OCCO2. The van der Waals surface area contributed by atoms with Gasteiger partial charge in [-0.05, 0) is 42.7 Å². The van der Waals surface area contributed by atoms with E-state index in [4.69, 9.17) is 9.47 Å². The van der Waals surface area contributed by atoms with Crippen LogP contribution < -0.4 is 9.47 Å². The highest BCUT2D eigenvalue weighted by Gasteiger charge is 2.30. The normalized spacial score (nSPS) is 18.6. The van der Waals surface area contributed by atoms with Gasteiger partial charge >= 0.3 is 0 Å². The van der Waals surface area contributed by atoms with Crippen LogP contribution in [-0.2, 0) is 11.3 Å². The fourth-order valence-electron chi connectivity index (χ4n) is 4.23. The van der Waals surface area contributed by atoms with Gasteiger partial charge in [-0.25, -0.2) is 4.98 Å². The highest BCUT2D eigenvalue weighted by Crippen LogP contribution is 2.38. The van der Waals surface area contributed by atoms with Crippen molar-refractivity contribution in [2.75, 3.05) is 19.8 Å². The second-order valence-electron chi connectivity index (χ2n) is 7.32.